The summed E-state index contributed by atoms with van der Waals surface area (Å²) in [6, 6.07) is 14.1. The van der Waals surface area contributed by atoms with Crippen LogP contribution in [0, 0.1) is 0 Å². The number of hydrogen-bond acceptors (Lipinski definition) is 1. The molecule has 0 amide bonds. The molecule has 2 aromatic rings. The highest BCUT2D eigenvalue weighted by molar-refractivity contribution is 7.99. The van der Waals surface area contributed by atoms with Crippen molar-refractivity contribution in [2.75, 3.05) is 11.8 Å². The lowest BCUT2D eigenvalue weighted by molar-refractivity contribution is 0.718. The third kappa shape index (κ3) is 5.68. The van der Waals surface area contributed by atoms with Gasteiger partial charge in [-0.25, -0.2) is 0 Å². The molecule has 0 aliphatic carbocycles. The zero-order valence-corrected chi connectivity index (χ0v) is 17.7. The van der Waals surface area contributed by atoms with Gasteiger partial charge in [-0.3, -0.25) is 0 Å². The van der Waals surface area contributed by atoms with Gasteiger partial charge in [-0.05, 0) is 79.3 Å². The van der Waals surface area contributed by atoms with E-state index < -0.39 is 0 Å². The van der Waals surface area contributed by atoms with Crippen LogP contribution in [0.4, 0.5) is 0 Å². The third-order valence-electron chi connectivity index (χ3n) is 5.05. The van der Waals surface area contributed by atoms with Crippen LogP contribution in [-0.4, -0.2) is 11.8 Å². The molecule has 0 fully saturated rings. The Labute approximate surface area is 172 Å². The summed E-state index contributed by atoms with van der Waals surface area (Å²) in [5, 5.41) is 0. The topological polar surface area (TPSA) is 0 Å². The fraction of sp³-hybridized carbons (Fsp3) is 0.478. The number of aryl methyl sites for hydroxylation is 2. The molecular weight excluding hydrogens is 379 g/mol. The van der Waals surface area contributed by atoms with E-state index in [1.807, 2.05) is 11.8 Å². The number of hydrogen-bond donors (Lipinski definition) is 0. The average molecular weight is 407 g/mol. The van der Waals surface area contributed by atoms with Crippen molar-refractivity contribution in [3.8, 4) is 0 Å². The van der Waals surface area contributed by atoms with Crippen LogP contribution >= 0.6 is 35.0 Å². The molecule has 26 heavy (non-hydrogen) atoms. The van der Waals surface area contributed by atoms with Gasteiger partial charge in [0, 0.05) is 21.6 Å². The minimum Gasteiger partial charge on any atom is -0.127 e. The number of unbranched alkanes of at least 4 members (excludes halogenated alkanes) is 4. The second-order valence-electron chi connectivity index (χ2n) is 7.16. The maximum atomic E-state index is 5.78. The van der Waals surface area contributed by atoms with Crippen molar-refractivity contribution in [3.63, 3.8) is 0 Å². The lowest BCUT2D eigenvalue weighted by atomic mass is 9.97. The molecule has 1 heterocycles. The van der Waals surface area contributed by atoms with Crippen LogP contribution in [0.5, 0.6) is 0 Å². The summed E-state index contributed by atoms with van der Waals surface area (Å²) < 4.78 is 0. The summed E-state index contributed by atoms with van der Waals surface area (Å²) in [7, 11) is 0. The molecule has 3 heteroatoms. The highest BCUT2D eigenvalue weighted by atomic mass is 35.5. The van der Waals surface area contributed by atoms with E-state index in [9.17, 15) is 0 Å². The van der Waals surface area contributed by atoms with Gasteiger partial charge in [-0.2, -0.15) is 0 Å². The molecule has 0 bridgehead atoms. The highest BCUT2D eigenvalue weighted by Gasteiger charge is 2.16. The van der Waals surface area contributed by atoms with Gasteiger partial charge in [0.05, 0.1) is 0 Å². The number of benzene rings is 2. The zero-order valence-electron chi connectivity index (χ0n) is 15.4. The maximum absolute atomic E-state index is 5.78. The Balaban J connectivity index is 1.63. The Kier molecular flexibility index (Phi) is 8.23. The summed E-state index contributed by atoms with van der Waals surface area (Å²) in [6.07, 6.45) is 10.6. The minimum atomic E-state index is 0.784. The van der Waals surface area contributed by atoms with Gasteiger partial charge in [0.1, 0.15) is 0 Å². The molecule has 0 atom stereocenters. The second kappa shape index (κ2) is 10.6. The average Bonchev–Trinajstić information content (AvgIpc) is 2.67. The predicted molar refractivity (Wildman–Crippen MR) is 116 cm³/mol. The first-order valence-electron chi connectivity index (χ1n) is 9.83. The smallest absolute Gasteiger partial charge is 0.0223 e. The van der Waals surface area contributed by atoms with Gasteiger partial charge in [0.2, 0.25) is 0 Å². The monoisotopic (exact) mass is 406 g/mol. The van der Waals surface area contributed by atoms with Crippen molar-refractivity contribution in [2.24, 2.45) is 0 Å². The van der Waals surface area contributed by atoms with Gasteiger partial charge in [-0.15, -0.1) is 23.2 Å². The Hall–Kier alpha value is -0.630. The molecule has 3 rings (SSSR count). The van der Waals surface area contributed by atoms with Gasteiger partial charge in [-0.1, -0.05) is 48.9 Å². The predicted octanol–water partition coefficient (Wildman–Crippen LogP) is 7.65. The van der Waals surface area contributed by atoms with Crippen LogP contribution < -0.4 is 0 Å². The van der Waals surface area contributed by atoms with Crippen molar-refractivity contribution in [2.45, 2.75) is 67.6 Å². The second-order valence-corrected chi connectivity index (χ2v) is 9.00. The molecule has 0 aromatic heterocycles. The van der Waals surface area contributed by atoms with Crippen LogP contribution in [0.3, 0.4) is 0 Å². The summed E-state index contributed by atoms with van der Waals surface area (Å²) in [5.74, 6) is 1.57. The Morgan fingerprint density at radius 2 is 1.15 bits per heavy atom. The van der Waals surface area contributed by atoms with E-state index in [0.29, 0.717) is 0 Å². The number of fused-ring (bicyclic) bond motifs is 2. The molecule has 0 saturated carbocycles. The van der Waals surface area contributed by atoms with Crippen molar-refractivity contribution >= 4 is 35.0 Å². The van der Waals surface area contributed by atoms with Crippen LogP contribution in [-0.2, 0) is 19.3 Å². The molecule has 0 N–H and O–H groups in total. The van der Waals surface area contributed by atoms with E-state index in [1.54, 1.807) is 0 Å². The standard InChI is InChI=1S/C23H28Cl2S/c24-13-5-1-3-7-18-9-11-22-20(15-18)17-21-16-19(8-4-2-6-14-25)10-12-23(21)26-22/h9-12,15-16H,1-8,13-14,17H2. The summed E-state index contributed by atoms with van der Waals surface area (Å²) in [4.78, 5) is 2.86. The fourth-order valence-electron chi connectivity index (χ4n) is 3.58. The normalized spacial score (nSPS) is 12.7. The van der Waals surface area contributed by atoms with Crippen molar-refractivity contribution in [1.29, 1.82) is 0 Å². The van der Waals surface area contributed by atoms with E-state index in [0.717, 1.165) is 31.0 Å². The Morgan fingerprint density at radius 3 is 1.62 bits per heavy atom. The molecular formula is C23H28Cl2S. The number of alkyl halides is 2. The van der Waals surface area contributed by atoms with E-state index >= 15 is 0 Å². The first-order chi connectivity index (χ1) is 12.8. The van der Waals surface area contributed by atoms with Gasteiger partial charge in [0.25, 0.3) is 0 Å². The molecule has 1 aliphatic heterocycles. The van der Waals surface area contributed by atoms with E-state index in [-0.39, 0.29) is 0 Å². The quantitative estimate of drug-likeness (QED) is 0.246. The van der Waals surface area contributed by atoms with Gasteiger partial charge in [0.15, 0.2) is 0 Å². The first kappa shape index (κ1) is 20.1. The molecule has 2 aromatic carbocycles. The molecule has 140 valence electrons. The first-order valence-corrected chi connectivity index (χ1v) is 11.7. The minimum absolute atomic E-state index is 0.784. The largest absolute Gasteiger partial charge is 0.127 e. The fourth-order valence-corrected chi connectivity index (χ4v) is 4.99. The van der Waals surface area contributed by atoms with E-state index in [2.05, 4.69) is 36.4 Å². The van der Waals surface area contributed by atoms with Crippen LogP contribution in [0.25, 0.3) is 0 Å². The van der Waals surface area contributed by atoms with Crippen LogP contribution in [0.1, 0.15) is 60.8 Å². The van der Waals surface area contributed by atoms with Crippen molar-refractivity contribution < 1.29 is 0 Å². The Bertz CT molecular complexity index is 652. The lowest BCUT2D eigenvalue weighted by Crippen LogP contribution is -2.02. The molecule has 0 radical (unpaired) electrons. The molecule has 0 unspecified atom stereocenters. The third-order valence-corrected chi connectivity index (χ3v) is 6.82. The zero-order chi connectivity index (χ0) is 18.2. The molecule has 1 aliphatic rings. The van der Waals surface area contributed by atoms with Gasteiger partial charge < -0.3 is 0 Å². The molecule has 0 spiro atoms. The van der Waals surface area contributed by atoms with Crippen LogP contribution in [0.2, 0.25) is 0 Å². The van der Waals surface area contributed by atoms with Crippen molar-refractivity contribution in [1.82, 2.24) is 0 Å². The van der Waals surface area contributed by atoms with E-state index in [1.165, 1.54) is 70.6 Å². The van der Waals surface area contributed by atoms with Gasteiger partial charge >= 0.3 is 0 Å². The number of rotatable bonds is 10. The highest BCUT2D eigenvalue weighted by Crippen LogP contribution is 2.40. The Morgan fingerprint density at radius 1 is 0.654 bits per heavy atom. The SMILES string of the molecule is ClCCCCCc1ccc2c(c1)Cc1cc(CCCCCCl)ccc1S2. The number of halogens is 2. The molecule has 0 saturated heterocycles. The summed E-state index contributed by atoms with van der Waals surface area (Å²) in [6.45, 7) is 0. The van der Waals surface area contributed by atoms with E-state index in [4.69, 9.17) is 23.2 Å². The summed E-state index contributed by atoms with van der Waals surface area (Å²) >= 11 is 13.5. The lowest BCUT2D eigenvalue weighted by Gasteiger charge is -2.20. The summed E-state index contributed by atoms with van der Waals surface area (Å²) in [5.41, 5.74) is 5.94. The van der Waals surface area contributed by atoms with Crippen molar-refractivity contribution in [3.05, 3.63) is 58.7 Å². The molecule has 0 nitrogen and oxygen atoms in total. The maximum Gasteiger partial charge on any atom is 0.0223 e. The van der Waals surface area contributed by atoms with Crippen LogP contribution in [0.15, 0.2) is 46.2 Å².